The highest BCUT2D eigenvalue weighted by Gasteiger charge is 2.34. The number of amides is 1. The van der Waals surface area contributed by atoms with Crippen molar-refractivity contribution in [1.29, 1.82) is 0 Å². The van der Waals surface area contributed by atoms with Crippen molar-refractivity contribution < 1.29 is 13.9 Å². The van der Waals surface area contributed by atoms with Crippen LogP contribution in [0.15, 0.2) is 30.3 Å². The number of ether oxygens (including phenoxy) is 1. The van der Waals surface area contributed by atoms with E-state index in [1.54, 1.807) is 7.11 Å². The van der Waals surface area contributed by atoms with E-state index in [1.807, 2.05) is 36.9 Å². The van der Waals surface area contributed by atoms with Crippen molar-refractivity contribution in [3.63, 3.8) is 0 Å². The summed E-state index contributed by atoms with van der Waals surface area (Å²) in [6, 6.07) is 9.02. The van der Waals surface area contributed by atoms with Crippen LogP contribution in [0.2, 0.25) is 0 Å². The first kappa shape index (κ1) is 17.9. The number of rotatable bonds is 5. The molecule has 27 heavy (non-hydrogen) atoms. The molecular weight excluding hydrogens is 345 g/mol. The molecule has 1 amide bonds. The van der Waals surface area contributed by atoms with Gasteiger partial charge < -0.3 is 9.64 Å². The normalized spacial score (nSPS) is 19.4. The minimum atomic E-state index is -0.220. The average molecular weight is 369 g/mol. The number of halogens is 1. The van der Waals surface area contributed by atoms with Crippen molar-refractivity contribution in [1.82, 2.24) is 14.8 Å². The molecule has 0 bridgehead atoms. The van der Waals surface area contributed by atoms with Gasteiger partial charge in [0, 0.05) is 30.7 Å². The van der Waals surface area contributed by atoms with E-state index in [1.165, 1.54) is 12.1 Å². The van der Waals surface area contributed by atoms with Crippen molar-refractivity contribution in [2.45, 2.75) is 45.4 Å². The van der Waals surface area contributed by atoms with Gasteiger partial charge in [-0.3, -0.25) is 9.69 Å². The first-order valence-electron chi connectivity index (χ1n) is 9.35. The maximum Gasteiger partial charge on any atom is 0.256 e. The van der Waals surface area contributed by atoms with Crippen molar-refractivity contribution in [2.24, 2.45) is 0 Å². The molecule has 0 spiro atoms. The number of hydrogen-bond acceptors (Lipinski definition) is 4. The lowest BCUT2D eigenvalue weighted by molar-refractivity contribution is 0.0729. The number of fused-ring (bicyclic) bond motifs is 1. The van der Waals surface area contributed by atoms with Crippen LogP contribution in [0, 0.1) is 5.82 Å². The van der Waals surface area contributed by atoms with Gasteiger partial charge in [0.25, 0.3) is 5.91 Å². The highest BCUT2D eigenvalue weighted by atomic mass is 19.1. The minimum Gasteiger partial charge on any atom is -0.481 e. The van der Waals surface area contributed by atoms with Crippen LogP contribution in [0.5, 0.6) is 5.88 Å². The molecule has 1 fully saturated rings. The van der Waals surface area contributed by atoms with Crippen molar-refractivity contribution in [2.75, 3.05) is 13.7 Å². The molecule has 1 saturated heterocycles. The molecule has 0 radical (unpaired) electrons. The third kappa shape index (κ3) is 3.18. The minimum absolute atomic E-state index is 0.0371. The Morgan fingerprint density at radius 2 is 2.04 bits per heavy atom. The van der Waals surface area contributed by atoms with Crippen LogP contribution in [0.4, 0.5) is 4.39 Å². The van der Waals surface area contributed by atoms with E-state index in [0.29, 0.717) is 24.5 Å². The van der Waals surface area contributed by atoms with Crippen LogP contribution in [-0.2, 0) is 13.1 Å². The summed E-state index contributed by atoms with van der Waals surface area (Å²) in [6.45, 7) is 6.16. The highest BCUT2D eigenvalue weighted by Crippen LogP contribution is 2.37. The summed E-state index contributed by atoms with van der Waals surface area (Å²) in [7, 11) is 1.61. The van der Waals surface area contributed by atoms with Gasteiger partial charge in [-0.15, -0.1) is 0 Å². The van der Waals surface area contributed by atoms with E-state index >= 15 is 0 Å². The van der Waals surface area contributed by atoms with Gasteiger partial charge in [-0.25, -0.2) is 9.37 Å². The molecule has 142 valence electrons. The number of benzene rings is 1. The van der Waals surface area contributed by atoms with Gasteiger partial charge in [-0.05, 0) is 44.0 Å². The zero-order chi connectivity index (χ0) is 19.1. The second kappa shape index (κ2) is 6.93. The zero-order valence-electron chi connectivity index (χ0n) is 15.9. The summed E-state index contributed by atoms with van der Waals surface area (Å²) in [5, 5.41) is 0. The highest BCUT2D eigenvalue weighted by molar-refractivity contribution is 5.98. The summed E-state index contributed by atoms with van der Waals surface area (Å²) in [5.41, 5.74) is 3.49. The van der Waals surface area contributed by atoms with Crippen molar-refractivity contribution >= 4 is 5.91 Å². The molecule has 1 aromatic heterocycles. The van der Waals surface area contributed by atoms with E-state index in [9.17, 15) is 9.18 Å². The molecule has 1 aromatic carbocycles. The van der Waals surface area contributed by atoms with Crippen LogP contribution < -0.4 is 4.74 Å². The van der Waals surface area contributed by atoms with Gasteiger partial charge in [-0.2, -0.15) is 0 Å². The van der Waals surface area contributed by atoms with E-state index in [4.69, 9.17) is 4.74 Å². The molecule has 2 aliphatic rings. The lowest BCUT2D eigenvalue weighted by atomic mass is 9.94. The maximum atomic E-state index is 13.2. The van der Waals surface area contributed by atoms with Crippen molar-refractivity contribution in [3.8, 4) is 5.88 Å². The molecular formula is C21H24FN3O2. The first-order valence-corrected chi connectivity index (χ1v) is 9.35. The van der Waals surface area contributed by atoms with E-state index in [0.717, 1.165) is 29.8 Å². The zero-order valence-corrected chi connectivity index (χ0v) is 15.9. The largest absolute Gasteiger partial charge is 0.481 e. The number of methoxy groups -OCH3 is 1. The molecule has 0 saturated carbocycles. The summed E-state index contributed by atoms with van der Waals surface area (Å²) in [4.78, 5) is 21.4. The second-order valence-electron chi connectivity index (χ2n) is 7.50. The third-order valence-electron chi connectivity index (χ3n) is 5.53. The first-order chi connectivity index (χ1) is 13.0. The van der Waals surface area contributed by atoms with Gasteiger partial charge in [0.2, 0.25) is 5.88 Å². The SMILES string of the molecule is COc1nc2c(cc1CN1CC[C@H]1c1ccc(F)cc1)C(=O)N(C(C)C)C2. The standard InChI is InChI=1S/C21H24FN3O2/c1-13(2)25-12-18-17(21(25)26)10-15(20(23-18)27-3)11-24-9-8-19(24)14-4-6-16(22)7-5-14/h4-7,10,13,19H,8-9,11-12H2,1-3H3/t19-/m0/s1. The molecule has 2 aromatic rings. The van der Waals surface area contributed by atoms with E-state index in [-0.39, 0.29) is 23.8 Å². The maximum absolute atomic E-state index is 13.2. The lowest BCUT2D eigenvalue weighted by Crippen LogP contribution is -2.40. The summed E-state index contributed by atoms with van der Waals surface area (Å²) in [6.07, 6.45) is 1.03. The van der Waals surface area contributed by atoms with Crippen LogP contribution in [-0.4, -0.2) is 40.4 Å². The second-order valence-corrected chi connectivity index (χ2v) is 7.50. The fraction of sp³-hybridized carbons (Fsp3) is 0.429. The van der Waals surface area contributed by atoms with Crippen LogP contribution in [0.25, 0.3) is 0 Å². The van der Waals surface area contributed by atoms with Crippen LogP contribution in [0.3, 0.4) is 0 Å². The Labute approximate surface area is 158 Å². The number of nitrogens with zero attached hydrogens (tertiary/aromatic N) is 3. The Kier molecular flexibility index (Phi) is 4.60. The Bertz CT molecular complexity index is 866. The predicted octanol–water partition coefficient (Wildman–Crippen LogP) is 3.54. The van der Waals surface area contributed by atoms with Crippen LogP contribution in [0.1, 0.15) is 53.5 Å². The number of hydrogen-bond donors (Lipinski definition) is 0. The number of carbonyl (C=O) groups excluding carboxylic acids is 1. The number of aromatic nitrogens is 1. The molecule has 0 aliphatic carbocycles. The van der Waals surface area contributed by atoms with Gasteiger partial charge in [0.15, 0.2) is 0 Å². The topological polar surface area (TPSA) is 45.7 Å². The fourth-order valence-electron chi connectivity index (χ4n) is 3.89. The number of carbonyl (C=O) groups is 1. The Morgan fingerprint density at radius 1 is 1.30 bits per heavy atom. The molecule has 2 aliphatic heterocycles. The Balaban J connectivity index is 1.58. The molecule has 5 nitrogen and oxygen atoms in total. The summed E-state index contributed by atoms with van der Waals surface area (Å²) >= 11 is 0. The van der Waals surface area contributed by atoms with Crippen LogP contribution >= 0.6 is 0 Å². The molecule has 0 unspecified atom stereocenters. The predicted molar refractivity (Wildman–Crippen MR) is 100.0 cm³/mol. The summed E-state index contributed by atoms with van der Waals surface area (Å²) in [5.74, 6) is 0.398. The quantitative estimate of drug-likeness (QED) is 0.809. The fourth-order valence-corrected chi connectivity index (χ4v) is 3.89. The molecule has 6 heteroatoms. The number of pyridine rings is 1. The van der Waals surface area contributed by atoms with E-state index in [2.05, 4.69) is 9.88 Å². The monoisotopic (exact) mass is 369 g/mol. The molecule has 4 rings (SSSR count). The Morgan fingerprint density at radius 3 is 2.63 bits per heavy atom. The van der Waals surface area contributed by atoms with E-state index < -0.39 is 0 Å². The Hall–Kier alpha value is -2.47. The molecule has 0 N–H and O–H groups in total. The average Bonchev–Trinajstić information content (AvgIpc) is 2.96. The number of likely N-dealkylation sites (tertiary alicyclic amines) is 1. The molecule has 1 atom stereocenters. The van der Waals surface area contributed by atoms with Gasteiger partial charge >= 0.3 is 0 Å². The lowest BCUT2D eigenvalue weighted by Gasteiger charge is -2.41. The van der Waals surface area contributed by atoms with Gasteiger partial charge in [-0.1, -0.05) is 12.1 Å². The third-order valence-corrected chi connectivity index (χ3v) is 5.53. The summed E-state index contributed by atoms with van der Waals surface area (Å²) < 4.78 is 18.7. The van der Waals surface area contributed by atoms with Crippen molar-refractivity contribution in [3.05, 3.63) is 58.5 Å². The van der Waals surface area contributed by atoms with Gasteiger partial charge in [0.1, 0.15) is 5.82 Å². The smallest absolute Gasteiger partial charge is 0.256 e. The van der Waals surface area contributed by atoms with Gasteiger partial charge in [0.05, 0.1) is 24.9 Å². The molecule has 3 heterocycles.